The number of hydrogen-bond donors (Lipinski definition) is 0. The maximum absolute atomic E-state index is 6.56. The molecular formula is C22H25Cl2Zr. The van der Waals surface area contributed by atoms with Gasteiger partial charge in [-0.1, -0.05) is 0 Å². The van der Waals surface area contributed by atoms with E-state index >= 15 is 0 Å². The molecule has 0 amide bonds. The van der Waals surface area contributed by atoms with Gasteiger partial charge in [0, 0.05) is 0 Å². The van der Waals surface area contributed by atoms with E-state index in [1.807, 2.05) is 0 Å². The van der Waals surface area contributed by atoms with Crippen molar-refractivity contribution in [3.05, 3.63) is 63.7 Å². The average Bonchev–Trinajstić information content (AvgIpc) is 2.91. The Labute approximate surface area is 167 Å². The Morgan fingerprint density at radius 1 is 1.04 bits per heavy atom. The summed E-state index contributed by atoms with van der Waals surface area (Å²) < 4.78 is 0.302. The first-order chi connectivity index (χ1) is 11.8. The van der Waals surface area contributed by atoms with Gasteiger partial charge in [-0.2, -0.15) is 0 Å². The Bertz CT molecular complexity index is 814. The Kier molecular flexibility index (Phi) is 5.99. The summed E-state index contributed by atoms with van der Waals surface area (Å²) in [5.41, 5.74) is 10.9. The summed E-state index contributed by atoms with van der Waals surface area (Å²) in [6.45, 7) is 11.1. The molecule has 131 valence electrons. The normalized spacial score (nSPS) is 16.2. The molecule has 2 aromatic rings. The third-order valence-corrected chi connectivity index (χ3v) is 10.4. The number of rotatable bonds is 4. The molecule has 1 atom stereocenters. The Morgan fingerprint density at radius 2 is 1.68 bits per heavy atom. The third-order valence-electron chi connectivity index (χ3n) is 5.08. The van der Waals surface area contributed by atoms with Crippen LogP contribution in [0.1, 0.15) is 64.6 Å². The van der Waals surface area contributed by atoms with E-state index in [9.17, 15) is 0 Å². The van der Waals surface area contributed by atoms with Gasteiger partial charge in [-0.15, -0.1) is 0 Å². The van der Waals surface area contributed by atoms with Gasteiger partial charge in [0.25, 0.3) is 0 Å². The molecule has 0 saturated heterocycles. The zero-order chi connectivity index (χ0) is 18.3. The van der Waals surface area contributed by atoms with E-state index in [-0.39, 0.29) is 0 Å². The number of aryl methyl sites for hydroxylation is 2. The zero-order valence-electron chi connectivity index (χ0n) is 15.6. The van der Waals surface area contributed by atoms with Gasteiger partial charge in [0.1, 0.15) is 0 Å². The number of hydrogen-bond acceptors (Lipinski definition) is 0. The summed E-state index contributed by atoms with van der Waals surface area (Å²) >= 11 is -2.43. The van der Waals surface area contributed by atoms with Crippen LogP contribution in [0.2, 0.25) is 0 Å². The van der Waals surface area contributed by atoms with Crippen molar-refractivity contribution >= 4 is 23.1 Å². The summed E-state index contributed by atoms with van der Waals surface area (Å²) in [4.78, 5) is 0. The molecule has 1 unspecified atom stereocenters. The Balaban J connectivity index is 2.32. The van der Waals surface area contributed by atoms with Gasteiger partial charge in [0.05, 0.1) is 0 Å². The second-order valence-electron chi connectivity index (χ2n) is 7.36. The Hall–Kier alpha value is -0.357. The van der Waals surface area contributed by atoms with Crippen LogP contribution in [-0.4, -0.2) is 0 Å². The standard InChI is InChI=1S/C22H25.2ClH.Zr/c1-6-17-12-18-7-8-20(14(2)3)22(21(18)13-17)19-10-15(4)9-16(5)11-19;;;/h7-14H,6H2,1-5H3;2*1H;/q;;;+2/p-2. The molecule has 1 aliphatic carbocycles. The molecule has 0 N–H and O–H groups in total. The number of fused-ring (bicyclic) bond motifs is 1. The number of benzene rings is 2. The minimum absolute atomic E-state index is 0.302. The van der Waals surface area contributed by atoms with Crippen molar-refractivity contribution in [3.63, 3.8) is 0 Å². The van der Waals surface area contributed by atoms with E-state index in [0.29, 0.717) is 9.54 Å². The molecule has 2 aromatic carbocycles. The first-order valence-electron chi connectivity index (χ1n) is 8.97. The fourth-order valence-electron chi connectivity index (χ4n) is 4.01. The summed E-state index contributed by atoms with van der Waals surface area (Å²) in [6, 6.07) is 11.4. The van der Waals surface area contributed by atoms with Crippen molar-refractivity contribution in [2.45, 2.75) is 50.6 Å². The average molecular weight is 452 g/mol. The van der Waals surface area contributed by atoms with Crippen molar-refractivity contribution in [1.82, 2.24) is 0 Å². The van der Waals surface area contributed by atoms with Gasteiger partial charge in [0.15, 0.2) is 0 Å². The Morgan fingerprint density at radius 3 is 2.20 bits per heavy atom. The van der Waals surface area contributed by atoms with Crippen molar-refractivity contribution in [2.24, 2.45) is 0 Å². The second kappa shape index (κ2) is 7.71. The fraction of sp³-hybridized carbons (Fsp3) is 0.364. The topological polar surface area (TPSA) is 0 Å². The molecule has 0 fully saturated rings. The van der Waals surface area contributed by atoms with Gasteiger partial charge >= 0.3 is 168 Å². The van der Waals surface area contributed by atoms with Crippen LogP contribution in [0.5, 0.6) is 0 Å². The van der Waals surface area contributed by atoms with E-state index < -0.39 is 19.4 Å². The number of allylic oxidation sites excluding steroid dienone is 1. The van der Waals surface area contributed by atoms with E-state index in [2.05, 4.69) is 71.0 Å². The summed E-state index contributed by atoms with van der Waals surface area (Å²) in [7, 11) is 13.1. The molecule has 3 heteroatoms. The monoisotopic (exact) mass is 449 g/mol. The summed E-state index contributed by atoms with van der Waals surface area (Å²) in [5, 5.41) is 0. The van der Waals surface area contributed by atoms with Crippen LogP contribution >= 0.6 is 17.0 Å². The van der Waals surface area contributed by atoms with E-state index in [1.54, 1.807) is 0 Å². The minimum atomic E-state index is -2.43. The first-order valence-corrected chi connectivity index (χ1v) is 16.7. The van der Waals surface area contributed by atoms with E-state index in [0.717, 1.165) is 6.42 Å². The molecular weight excluding hydrogens is 426 g/mol. The first kappa shape index (κ1) is 19.4. The SMILES string of the molecule is CCC1=Cc2c(ccc(C(C)C)c2-c2cc(C)cc(C)c2)[CH]1[Zr]([Cl])[Cl]. The molecule has 0 nitrogen and oxygen atoms in total. The van der Waals surface area contributed by atoms with Crippen LogP contribution in [0.4, 0.5) is 0 Å². The van der Waals surface area contributed by atoms with Crippen molar-refractivity contribution in [2.75, 3.05) is 0 Å². The van der Waals surface area contributed by atoms with Crippen LogP contribution < -0.4 is 0 Å². The van der Waals surface area contributed by atoms with E-state index in [1.165, 1.54) is 44.5 Å². The molecule has 0 aliphatic heterocycles. The number of halogens is 2. The molecule has 25 heavy (non-hydrogen) atoms. The molecule has 0 radical (unpaired) electrons. The molecule has 0 heterocycles. The van der Waals surface area contributed by atoms with Crippen LogP contribution in [-0.2, 0) is 19.4 Å². The van der Waals surface area contributed by atoms with E-state index in [4.69, 9.17) is 17.0 Å². The molecule has 0 spiro atoms. The quantitative estimate of drug-likeness (QED) is 0.444. The second-order valence-corrected chi connectivity index (χ2v) is 16.2. The van der Waals surface area contributed by atoms with Crippen LogP contribution in [0, 0.1) is 13.8 Å². The summed E-state index contributed by atoms with van der Waals surface area (Å²) in [6.07, 6.45) is 3.40. The zero-order valence-corrected chi connectivity index (χ0v) is 19.6. The predicted octanol–water partition coefficient (Wildman–Crippen LogP) is 7.87. The predicted molar refractivity (Wildman–Crippen MR) is 108 cm³/mol. The molecule has 0 aromatic heterocycles. The fourth-order valence-corrected chi connectivity index (χ4v) is 9.66. The van der Waals surface area contributed by atoms with Crippen LogP contribution in [0.3, 0.4) is 0 Å². The van der Waals surface area contributed by atoms with Gasteiger partial charge in [-0.25, -0.2) is 0 Å². The van der Waals surface area contributed by atoms with Gasteiger partial charge in [-0.3, -0.25) is 0 Å². The molecule has 0 bridgehead atoms. The van der Waals surface area contributed by atoms with Gasteiger partial charge in [0.2, 0.25) is 0 Å². The molecule has 1 aliphatic rings. The van der Waals surface area contributed by atoms with Crippen molar-refractivity contribution < 1.29 is 19.4 Å². The third kappa shape index (κ3) is 3.71. The van der Waals surface area contributed by atoms with Gasteiger partial charge in [-0.05, 0) is 0 Å². The summed E-state index contributed by atoms with van der Waals surface area (Å²) in [5.74, 6) is 0.476. The van der Waals surface area contributed by atoms with Gasteiger partial charge < -0.3 is 0 Å². The maximum atomic E-state index is 6.56. The molecule has 0 saturated carbocycles. The molecule has 3 rings (SSSR count). The van der Waals surface area contributed by atoms with Crippen LogP contribution in [0.15, 0.2) is 35.9 Å². The van der Waals surface area contributed by atoms with Crippen molar-refractivity contribution in [3.8, 4) is 11.1 Å². The van der Waals surface area contributed by atoms with Crippen molar-refractivity contribution in [1.29, 1.82) is 0 Å². The van der Waals surface area contributed by atoms with Crippen LogP contribution in [0.25, 0.3) is 17.2 Å².